The molecule has 0 radical (unpaired) electrons. The molecular weight excluding hydrogens is 306 g/mol. The van der Waals surface area contributed by atoms with E-state index < -0.39 is 0 Å². The summed E-state index contributed by atoms with van der Waals surface area (Å²) in [6.45, 7) is 4.92. The summed E-state index contributed by atoms with van der Waals surface area (Å²) >= 11 is 3.49. The number of aromatic nitrogens is 2. The Balaban J connectivity index is 2.15. The molecule has 1 N–H and O–H groups in total. The molecule has 0 spiro atoms. The molecule has 0 aliphatic carbocycles. The van der Waals surface area contributed by atoms with E-state index in [1.807, 2.05) is 24.5 Å². The zero-order valence-electron chi connectivity index (χ0n) is 11.2. The van der Waals surface area contributed by atoms with Gasteiger partial charge in [0.25, 0.3) is 0 Å². The maximum atomic E-state index is 9.15. The van der Waals surface area contributed by atoms with E-state index in [0.29, 0.717) is 6.54 Å². The van der Waals surface area contributed by atoms with Crippen molar-refractivity contribution in [1.29, 1.82) is 0 Å². The van der Waals surface area contributed by atoms with E-state index in [-0.39, 0.29) is 6.61 Å². The second-order valence-corrected chi connectivity index (χ2v) is 5.59. The molecule has 0 unspecified atom stereocenters. The van der Waals surface area contributed by atoms with Gasteiger partial charge in [-0.15, -0.1) is 0 Å². The van der Waals surface area contributed by atoms with E-state index in [2.05, 4.69) is 37.1 Å². The van der Waals surface area contributed by atoms with Gasteiger partial charge in [-0.25, -0.2) is 4.98 Å². The van der Waals surface area contributed by atoms with Crippen molar-refractivity contribution in [3.63, 3.8) is 0 Å². The lowest BCUT2D eigenvalue weighted by molar-refractivity contribution is 0.186. The average Bonchev–Trinajstić information content (AvgIpc) is 2.79. The van der Waals surface area contributed by atoms with Crippen LogP contribution < -0.4 is 0 Å². The topological polar surface area (TPSA) is 40.8 Å². The maximum Gasteiger partial charge on any atom is 0.136 e. The van der Waals surface area contributed by atoms with Gasteiger partial charge in [0.2, 0.25) is 0 Å². The molecule has 2 rings (SSSR count). The van der Waals surface area contributed by atoms with Gasteiger partial charge in [0.1, 0.15) is 5.65 Å². The lowest BCUT2D eigenvalue weighted by atomic mass is 10.3. The smallest absolute Gasteiger partial charge is 0.136 e. The van der Waals surface area contributed by atoms with Gasteiger partial charge < -0.3 is 9.51 Å². The molecule has 0 saturated heterocycles. The van der Waals surface area contributed by atoms with Gasteiger partial charge in [-0.05, 0) is 41.0 Å². The van der Waals surface area contributed by atoms with Crippen LogP contribution in [0, 0.1) is 0 Å². The number of unbranched alkanes of at least 4 members (excludes halogenated alkanes) is 1. The fraction of sp³-hybridized carbons (Fsp3) is 0.500. The van der Waals surface area contributed by atoms with Crippen LogP contribution in [0.3, 0.4) is 0 Å². The molecule has 0 atom stereocenters. The predicted octanol–water partition coefficient (Wildman–Crippen LogP) is 2.69. The fourth-order valence-corrected chi connectivity index (χ4v) is 2.48. The summed E-state index contributed by atoms with van der Waals surface area (Å²) in [5.74, 6) is 0. The second kappa shape index (κ2) is 7.03. The summed E-state index contributed by atoms with van der Waals surface area (Å²) in [7, 11) is 0. The number of rotatable bonds is 7. The van der Waals surface area contributed by atoms with Gasteiger partial charge >= 0.3 is 0 Å². The standard InChI is InChI=1S/C14H20BrN3O/c1-2-3-6-17(7-8-19)11-13-9-16-14-5-4-12(15)10-18(13)14/h4-5,9-10,19H,2-3,6-8,11H2,1H3. The molecule has 104 valence electrons. The normalized spacial score (nSPS) is 11.6. The quantitative estimate of drug-likeness (QED) is 0.850. The molecule has 0 saturated carbocycles. The number of fused-ring (bicyclic) bond motifs is 1. The Bertz CT molecular complexity index is 526. The molecule has 0 amide bonds. The first-order valence-electron chi connectivity index (χ1n) is 6.69. The lowest BCUT2D eigenvalue weighted by Crippen LogP contribution is -2.28. The number of pyridine rings is 1. The molecule has 2 heterocycles. The van der Waals surface area contributed by atoms with E-state index in [1.54, 1.807) is 0 Å². The first kappa shape index (κ1) is 14.5. The third-order valence-corrected chi connectivity index (χ3v) is 3.64. The summed E-state index contributed by atoms with van der Waals surface area (Å²) in [6.07, 6.45) is 6.27. The molecule has 0 aliphatic rings. The largest absolute Gasteiger partial charge is 0.395 e. The Morgan fingerprint density at radius 3 is 2.95 bits per heavy atom. The van der Waals surface area contributed by atoms with Gasteiger partial charge in [-0.1, -0.05) is 13.3 Å². The molecule has 0 aromatic carbocycles. The molecule has 0 fully saturated rings. The third-order valence-electron chi connectivity index (χ3n) is 3.18. The highest BCUT2D eigenvalue weighted by atomic mass is 79.9. The van der Waals surface area contributed by atoms with Crippen LogP contribution in [0.1, 0.15) is 25.5 Å². The van der Waals surface area contributed by atoms with Crippen LogP contribution in [0.2, 0.25) is 0 Å². The average molecular weight is 326 g/mol. The fourth-order valence-electron chi connectivity index (χ4n) is 2.14. The minimum absolute atomic E-state index is 0.199. The zero-order valence-corrected chi connectivity index (χ0v) is 12.8. The highest BCUT2D eigenvalue weighted by molar-refractivity contribution is 9.10. The number of halogens is 1. The number of hydrogen-bond acceptors (Lipinski definition) is 3. The minimum atomic E-state index is 0.199. The predicted molar refractivity (Wildman–Crippen MR) is 80.2 cm³/mol. The van der Waals surface area contributed by atoms with Crippen LogP contribution in [0.5, 0.6) is 0 Å². The van der Waals surface area contributed by atoms with Crippen LogP contribution in [0.4, 0.5) is 0 Å². The second-order valence-electron chi connectivity index (χ2n) is 4.68. The van der Waals surface area contributed by atoms with Gasteiger partial charge in [-0.3, -0.25) is 4.90 Å². The zero-order chi connectivity index (χ0) is 13.7. The number of hydrogen-bond donors (Lipinski definition) is 1. The summed E-state index contributed by atoms with van der Waals surface area (Å²) in [6, 6.07) is 3.99. The molecule has 19 heavy (non-hydrogen) atoms. The van der Waals surface area contributed by atoms with Gasteiger partial charge in [0, 0.05) is 23.8 Å². The molecule has 2 aromatic rings. The summed E-state index contributed by atoms with van der Waals surface area (Å²) < 4.78 is 3.14. The number of imidazole rings is 1. The third kappa shape index (κ3) is 3.78. The first-order chi connectivity index (χ1) is 9.24. The molecule has 5 heteroatoms. The van der Waals surface area contributed by atoms with Gasteiger partial charge in [-0.2, -0.15) is 0 Å². The Morgan fingerprint density at radius 1 is 1.37 bits per heavy atom. The Hall–Kier alpha value is -0.910. The number of nitrogens with zero attached hydrogens (tertiary/aromatic N) is 3. The SMILES string of the molecule is CCCCN(CCO)Cc1cnc2ccc(Br)cn12. The summed E-state index contributed by atoms with van der Waals surface area (Å²) in [4.78, 5) is 6.68. The molecule has 4 nitrogen and oxygen atoms in total. The van der Waals surface area contributed by atoms with E-state index in [9.17, 15) is 0 Å². The highest BCUT2D eigenvalue weighted by Gasteiger charge is 2.09. The molecule has 0 aliphatic heterocycles. The summed E-state index contributed by atoms with van der Waals surface area (Å²) in [5, 5.41) is 9.15. The van der Waals surface area contributed by atoms with Crippen molar-refractivity contribution in [2.75, 3.05) is 19.7 Å². The van der Waals surface area contributed by atoms with Crippen LogP contribution >= 0.6 is 15.9 Å². The van der Waals surface area contributed by atoms with Crippen molar-refractivity contribution in [3.8, 4) is 0 Å². The van der Waals surface area contributed by atoms with Crippen molar-refractivity contribution in [1.82, 2.24) is 14.3 Å². The van der Waals surface area contributed by atoms with Crippen molar-refractivity contribution in [2.24, 2.45) is 0 Å². The van der Waals surface area contributed by atoms with E-state index in [0.717, 1.165) is 35.3 Å². The Kier molecular flexibility index (Phi) is 5.36. The molecule has 2 aromatic heterocycles. The van der Waals surface area contributed by atoms with E-state index >= 15 is 0 Å². The summed E-state index contributed by atoms with van der Waals surface area (Å²) in [5.41, 5.74) is 2.11. The number of aliphatic hydroxyl groups excluding tert-OH is 1. The van der Waals surface area contributed by atoms with Gasteiger partial charge in [0.15, 0.2) is 0 Å². The Morgan fingerprint density at radius 2 is 2.21 bits per heavy atom. The van der Waals surface area contributed by atoms with Crippen molar-refractivity contribution in [2.45, 2.75) is 26.3 Å². The highest BCUT2D eigenvalue weighted by Crippen LogP contribution is 2.15. The van der Waals surface area contributed by atoms with Crippen LogP contribution in [0.25, 0.3) is 5.65 Å². The van der Waals surface area contributed by atoms with E-state index in [1.165, 1.54) is 6.42 Å². The van der Waals surface area contributed by atoms with Crippen molar-refractivity contribution in [3.05, 3.63) is 34.7 Å². The Labute approximate surface area is 122 Å². The number of aliphatic hydroxyl groups is 1. The first-order valence-corrected chi connectivity index (χ1v) is 7.48. The lowest BCUT2D eigenvalue weighted by Gasteiger charge is -2.20. The molecule has 0 bridgehead atoms. The molecular formula is C14H20BrN3O. The van der Waals surface area contributed by atoms with Crippen molar-refractivity contribution < 1.29 is 5.11 Å². The van der Waals surface area contributed by atoms with Crippen LogP contribution in [0.15, 0.2) is 29.0 Å². The van der Waals surface area contributed by atoms with Crippen molar-refractivity contribution >= 4 is 21.6 Å². The van der Waals surface area contributed by atoms with Crippen LogP contribution in [-0.2, 0) is 6.54 Å². The minimum Gasteiger partial charge on any atom is -0.395 e. The maximum absolute atomic E-state index is 9.15. The van der Waals surface area contributed by atoms with Crippen LogP contribution in [-0.4, -0.2) is 39.1 Å². The van der Waals surface area contributed by atoms with E-state index in [4.69, 9.17) is 5.11 Å². The monoisotopic (exact) mass is 325 g/mol. The van der Waals surface area contributed by atoms with Gasteiger partial charge in [0.05, 0.1) is 18.5 Å².